The smallest absolute Gasteiger partial charge is 0.312 e. The van der Waals surface area contributed by atoms with Crippen LogP contribution in [0.4, 0.5) is 10.5 Å². The lowest BCUT2D eigenvalue weighted by atomic mass is 10.0. The maximum Gasteiger partial charge on any atom is 0.312 e. The number of hydrogen-bond acceptors (Lipinski definition) is 7. The lowest BCUT2D eigenvalue weighted by molar-refractivity contribution is -0.137. The van der Waals surface area contributed by atoms with Gasteiger partial charge in [-0.05, 0) is 42.9 Å². The highest BCUT2D eigenvalue weighted by Gasteiger charge is 2.28. The summed E-state index contributed by atoms with van der Waals surface area (Å²) >= 11 is 0. The number of primary amides is 1. The van der Waals surface area contributed by atoms with Gasteiger partial charge in [0.1, 0.15) is 12.1 Å². The van der Waals surface area contributed by atoms with Gasteiger partial charge in [0.05, 0.1) is 6.61 Å². The highest BCUT2D eigenvalue weighted by molar-refractivity contribution is 6.12. The highest BCUT2D eigenvalue weighted by atomic mass is 16.3. The third-order valence-electron chi connectivity index (χ3n) is 6.37. The summed E-state index contributed by atoms with van der Waals surface area (Å²) in [6.07, 6.45) is 7.75. The number of urea groups is 1. The number of nitrogens with one attached hydrogen (secondary N) is 4. The summed E-state index contributed by atoms with van der Waals surface area (Å²) in [5.74, 6) is -2.38. The summed E-state index contributed by atoms with van der Waals surface area (Å²) < 4.78 is 0. The average Bonchev–Trinajstić information content (AvgIpc) is 3.27. The number of hydrogen-bond donors (Lipinski definition) is 6. The number of aliphatic hydroxyl groups is 1. The number of benzene rings is 1. The number of unbranched alkanes of at least 4 members (excludes halogenated alkanes) is 2. The van der Waals surface area contributed by atoms with Gasteiger partial charge >= 0.3 is 6.03 Å². The van der Waals surface area contributed by atoms with E-state index in [0.717, 1.165) is 4.90 Å². The maximum absolute atomic E-state index is 13.2. The van der Waals surface area contributed by atoms with Crippen LogP contribution < -0.4 is 27.0 Å². The third kappa shape index (κ3) is 11.5. The van der Waals surface area contributed by atoms with Gasteiger partial charge in [-0.3, -0.25) is 28.9 Å². The van der Waals surface area contributed by atoms with Crippen molar-refractivity contribution in [3.8, 4) is 0 Å². The molecule has 7 amide bonds. The number of nitrogens with two attached hydrogens (primary N) is 1. The fraction of sp³-hybridized carbons (Fsp3) is 0.448. The number of carbonyl (C=O) groups is 6. The predicted molar refractivity (Wildman–Crippen MR) is 155 cm³/mol. The molecule has 1 unspecified atom stereocenters. The van der Waals surface area contributed by atoms with Crippen LogP contribution in [-0.4, -0.2) is 70.7 Å². The second-order valence-electron chi connectivity index (χ2n) is 10.1. The van der Waals surface area contributed by atoms with Crippen molar-refractivity contribution in [2.75, 3.05) is 18.4 Å². The Morgan fingerprint density at radius 3 is 2.21 bits per heavy atom. The van der Waals surface area contributed by atoms with Gasteiger partial charge in [-0.25, -0.2) is 4.79 Å². The number of imide groups is 1. The molecule has 7 N–H and O–H groups in total. The van der Waals surface area contributed by atoms with Crippen molar-refractivity contribution < 1.29 is 33.9 Å². The number of rotatable bonds is 17. The molecule has 0 saturated carbocycles. The van der Waals surface area contributed by atoms with Crippen molar-refractivity contribution in [1.82, 2.24) is 20.9 Å². The molecule has 0 bridgehead atoms. The molecule has 0 spiro atoms. The molecule has 2 atom stereocenters. The highest BCUT2D eigenvalue weighted by Crippen LogP contribution is 2.12. The Bertz CT molecular complexity index is 1160. The van der Waals surface area contributed by atoms with Gasteiger partial charge < -0.3 is 32.1 Å². The molecule has 42 heavy (non-hydrogen) atoms. The summed E-state index contributed by atoms with van der Waals surface area (Å²) in [5.41, 5.74) is 6.20. The molecule has 0 saturated heterocycles. The molecule has 2 rings (SSSR count). The largest absolute Gasteiger partial charge is 0.392 e. The first-order valence-corrected chi connectivity index (χ1v) is 13.9. The topological polar surface area (TPSA) is 200 Å². The van der Waals surface area contributed by atoms with Crippen LogP contribution in [0.1, 0.15) is 51.5 Å². The van der Waals surface area contributed by atoms with E-state index >= 15 is 0 Å². The van der Waals surface area contributed by atoms with Gasteiger partial charge in [0, 0.05) is 37.3 Å². The lowest BCUT2D eigenvalue weighted by Gasteiger charge is -2.24. The molecule has 0 aliphatic carbocycles. The Kier molecular flexibility index (Phi) is 13.9. The van der Waals surface area contributed by atoms with Crippen molar-refractivity contribution >= 4 is 41.3 Å². The second kappa shape index (κ2) is 17.3. The third-order valence-corrected chi connectivity index (χ3v) is 6.37. The number of carbonyl (C=O) groups excluding carboxylic acids is 6. The van der Waals surface area contributed by atoms with Crippen LogP contribution in [-0.2, 0) is 30.6 Å². The summed E-state index contributed by atoms with van der Waals surface area (Å²) in [5, 5.41) is 19.8. The molecular formula is C29H40N6O7. The van der Waals surface area contributed by atoms with Crippen LogP contribution in [0.5, 0.6) is 0 Å². The van der Waals surface area contributed by atoms with Gasteiger partial charge in [-0.15, -0.1) is 0 Å². The van der Waals surface area contributed by atoms with Crippen molar-refractivity contribution in [2.45, 2.75) is 64.6 Å². The van der Waals surface area contributed by atoms with E-state index in [9.17, 15) is 33.9 Å². The van der Waals surface area contributed by atoms with Gasteiger partial charge in [0.25, 0.3) is 17.7 Å². The van der Waals surface area contributed by atoms with E-state index in [1.165, 1.54) is 18.2 Å². The predicted octanol–water partition coefficient (Wildman–Crippen LogP) is 0.843. The molecule has 13 nitrogen and oxygen atoms in total. The number of anilines is 1. The molecule has 1 aliphatic heterocycles. The van der Waals surface area contributed by atoms with Crippen molar-refractivity contribution in [2.24, 2.45) is 11.7 Å². The van der Waals surface area contributed by atoms with Gasteiger partial charge in [0.2, 0.25) is 11.8 Å². The van der Waals surface area contributed by atoms with Crippen LogP contribution >= 0.6 is 0 Å². The standard InChI is InChI=1S/C29H40N6O7/c1-19(2)26(34-23(37)9-4-3-7-17-35-24(38)14-15-25(35)39)28(41)33-22(8-5-6-16-31-29(30)42)27(40)32-21-12-10-20(18-36)11-13-21/h5,8,10-15,19,22,26,36H,3-4,6-7,9,16-18H2,1-2H3,(H,32,40)(H,33,41)(H,34,37)(H3,30,31,42)/b8-5+/t22?,26-/m0/s1. The average molecular weight is 585 g/mol. The van der Waals surface area contributed by atoms with E-state index in [0.29, 0.717) is 36.9 Å². The van der Waals surface area contributed by atoms with Gasteiger partial charge in [0.15, 0.2) is 0 Å². The van der Waals surface area contributed by atoms with Crippen LogP contribution in [0.3, 0.4) is 0 Å². The van der Waals surface area contributed by atoms with Gasteiger partial charge in [-0.1, -0.05) is 44.6 Å². The lowest BCUT2D eigenvalue weighted by Crippen LogP contribution is -2.54. The summed E-state index contributed by atoms with van der Waals surface area (Å²) in [6.45, 7) is 3.92. The van der Waals surface area contributed by atoms with Gasteiger partial charge in [-0.2, -0.15) is 0 Å². The maximum atomic E-state index is 13.2. The minimum Gasteiger partial charge on any atom is -0.392 e. The Morgan fingerprint density at radius 1 is 0.952 bits per heavy atom. The molecular weight excluding hydrogens is 544 g/mol. The van der Waals surface area contributed by atoms with E-state index in [1.54, 1.807) is 44.2 Å². The van der Waals surface area contributed by atoms with Crippen molar-refractivity contribution in [3.05, 3.63) is 54.1 Å². The summed E-state index contributed by atoms with van der Waals surface area (Å²) in [4.78, 5) is 74.2. The van der Waals surface area contributed by atoms with Crippen molar-refractivity contribution in [1.29, 1.82) is 0 Å². The molecule has 0 radical (unpaired) electrons. The minimum absolute atomic E-state index is 0.143. The molecule has 0 aromatic heterocycles. The number of nitrogens with zero attached hydrogens (tertiary/aromatic N) is 1. The van der Waals surface area contributed by atoms with Crippen LogP contribution in [0.25, 0.3) is 0 Å². The normalized spacial score (nSPS) is 14.2. The van der Waals surface area contributed by atoms with Crippen LogP contribution in [0.15, 0.2) is 48.6 Å². The quantitative estimate of drug-likeness (QED) is 0.0885. The van der Waals surface area contributed by atoms with E-state index in [2.05, 4.69) is 21.3 Å². The molecule has 1 aliphatic rings. The molecule has 0 fully saturated rings. The fourth-order valence-electron chi connectivity index (χ4n) is 4.03. The Morgan fingerprint density at radius 2 is 1.62 bits per heavy atom. The molecule has 1 heterocycles. The SMILES string of the molecule is CC(C)[C@H](NC(=O)CCCCCN1C(=O)C=CC1=O)C(=O)NC(/C=C/CCNC(N)=O)C(=O)Nc1ccc(CO)cc1. The number of amides is 7. The number of aliphatic hydroxyl groups excluding tert-OH is 1. The molecule has 13 heteroatoms. The first-order valence-electron chi connectivity index (χ1n) is 13.9. The zero-order valence-corrected chi connectivity index (χ0v) is 23.9. The van der Waals surface area contributed by atoms with E-state index in [-0.39, 0.29) is 49.8 Å². The van der Waals surface area contributed by atoms with E-state index in [1.807, 2.05) is 0 Å². The zero-order chi connectivity index (χ0) is 31.1. The Labute approximate surface area is 245 Å². The van der Waals surface area contributed by atoms with Crippen molar-refractivity contribution in [3.63, 3.8) is 0 Å². The zero-order valence-electron chi connectivity index (χ0n) is 23.9. The monoisotopic (exact) mass is 584 g/mol. The molecule has 1 aromatic rings. The van der Waals surface area contributed by atoms with E-state index < -0.39 is 29.9 Å². The fourth-order valence-corrected chi connectivity index (χ4v) is 4.03. The molecule has 1 aromatic carbocycles. The summed E-state index contributed by atoms with van der Waals surface area (Å²) in [7, 11) is 0. The second-order valence-corrected chi connectivity index (χ2v) is 10.1. The Hall–Kier alpha value is -4.52. The first-order chi connectivity index (χ1) is 20.0. The summed E-state index contributed by atoms with van der Waals surface area (Å²) in [6, 6.07) is 3.88. The van der Waals surface area contributed by atoms with Crippen LogP contribution in [0, 0.1) is 5.92 Å². The van der Waals surface area contributed by atoms with E-state index in [4.69, 9.17) is 5.73 Å². The molecule has 228 valence electrons. The Balaban J connectivity index is 1.95. The van der Waals surface area contributed by atoms with Crippen LogP contribution in [0.2, 0.25) is 0 Å². The minimum atomic E-state index is -1.09. The first kappa shape index (κ1) is 33.7.